The third kappa shape index (κ3) is 11.0. The Kier molecular flexibility index (Phi) is 16.4. The number of amides is 2. The summed E-state index contributed by atoms with van der Waals surface area (Å²) >= 11 is 1.40. The van der Waals surface area contributed by atoms with Gasteiger partial charge in [-0.05, 0) is 18.1 Å². The van der Waals surface area contributed by atoms with E-state index in [1.807, 2.05) is 42.5 Å². The molecule has 325 valence electrons. The van der Waals surface area contributed by atoms with Gasteiger partial charge in [0.15, 0.2) is 0 Å². The first kappa shape index (κ1) is 46.9. The van der Waals surface area contributed by atoms with Crippen LogP contribution in [0, 0.1) is 0 Å². The number of carbonyl (C=O) groups excluding carboxylic acids is 2. The molecule has 21 heteroatoms. The van der Waals surface area contributed by atoms with Crippen LogP contribution in [0.2, 0.25) is 0 Å². The molecule has 2 aromatic rings. The minimum absolute atomic E-state index is 0.0494. The van der Waals surface area contributed by atoms with Crippen molar-refractivity contribution in [1.82, 2.24) is 14.9 Å². The fourth-order valence-electron chi connectivity index (χ4n) is 7.40. The molecule has 0 bridgehead atoms. The van der Waals surface area contributed by atoms with Crippen molar-refractivity contribution < 1.29 is 84.0 Å². The summed E-state index contributed by atoms with van der Waals surface area (Å²) in [5.74, 6) is -5.52. The summed E-state index contributed by atoms with van der Waals surface area (Å²) in [5, 5.41) is 102. The molecular weight excluding hydrogens is 843 g/mol. The number of hydrogen-bond acceptors (Lipinski definition) is 17. The zero-order chi connectivity index (χ0) is 43.2. The Morgan fingerprint density at radius 3 is 2.17 bits per heavy atom. The van der Waals surface area contributed by atoms with Crippen molar-refractivity contribution in [3.8, 4) is 11.1 Å². The van der Waals surface area contributed by atoms with E-state index in [0.29, 0.717) is 5.56 Å². The van der Waals surface area contributed by atoms with Gasteiger partial charge in [0.2, 0.25) is 5.91 Å². The first-order valence-electron chi connectivity index (χ1n) is 19.0. The van der Waals surface area contributed by atoms with E-state index in [2.05, 4.69) is 14.9 Å². The number of aliphatic hydroxyl groups is 8. The Balaban J connectivity index is 1.23. The maximum atomic E-state index is 12.8. The van der Waals surface area contributed by atoms with E-state index in [9.17, 15) is 60.3 Å². The molecule has 3 saturated heterocycles. The molecule has 3 aliphatic rings. The molecule has 3 heterocycles. The van der Waals surface area contributed by atoms with Gasteiger partial charge in [-0.15, -0.1) is 0 Å². The average Bonchev–Trinajstić information content (AvgIpc) is 3.21. The second-order valence-electron chi connectivity index (χ2n) is 14.9. The minimum Gasteiger partial charge on any atom is -0.388 e. The van der Waals surface area contributed by atoms with Crippen LogP contribution in [0.5, 0.6) is 0 Å². The van der Waals surface area contributed by atoms with Gasteiger partial charge in [0.05, 0.1) is 18.8 Å². The molecule has 0 saturated carbocycles. The molecule has 2 amide bonds. The normalized spacial score (nSPS) is 35.9. The smallest absolute Gasteiger partial charge is 0.388 e. The number of nitrogens with one attached hydrogen (secondary N) is 3. The minimum atomic E-state index is -2.75. The van der Waals surface area contributed by atoms with Crippen LogP contribution in [-0.2, 0) is 44.5 Å². The van der Waals surface area contributed by atoms with Gasteiger partial charge in [-0.25, -0.2) is 0 Å². The van der Waals surface area contributed by atoms with Gasteiger partial charge in [-0.1, -0.05) is 30.3 Å². The van der Waals surface area contributed by atoms with Crippen LogP contribution in [0.15, 0.2) is 54.6 Å². The first-order chi connectivity index (χ1) is 28.0. The zero-order valence-electron chi connectivity index (χ0n) is 32.2. The van der Waals surface area contributed by atoms with Crippen LogP contribution < -0.4 is 14.9 Å². The molecule has 0 spiro atoms. The van der Waals surface area contributed by atoms with Crippen LogP contribution in [0.4, 0.5) is 0 Å². The van der Waals surface area contributed by atoms with E-state index in [-0.39, 0.29) is 6.42 Å². The third-order valence-electron chi connectivity index (χ3n) is 10.7. The number of carboxylic acids is 1. The van der Waals surface area contributed by atoms with Crippen LogP contribution in [0.25, 0.3) is 11.1 Å². The fourth-order valence-corrected chi connectivity index (χ4v) is 8.15. The number of carbonyl (C=O) groups is 3. The predicted molar refractivity (Wildman–Crippen MR) is 202 cm³/mol. The summed E-state index contributed by atoms with van der Waals surface area (Å²) in [6, 6.07) is 14.8. The second kappa shape index (κ2) is 20.6. The summed E-state index contributed by atoms with van der Waals surface area (Å²) in [6.45, 7) is 0.703. The average molecular weight is 895 g/mol. The topological polar surface area (TPSA) is 316 Å². The summed E-state index contributed by atoms with van der Waals surface area (Å²) in [7, 11) is 0. The molecule has 20 nitrogen and oxygen atoms in total. The Morgan fingerprint density at radius 2 is 1.56 bits per heavy atom. The number of benzene rings is 2. The number of aliphatic carboxylic acids is 1. The molecule has 16 atom stereocenters. The first-order valence-corrected chi connectivity index (χ1v) is 20.0. The van der Waals surface area contributed by atoms with Crippen LogP contribution in [0.1, 0.15) is 25.8 Å². The Morgan fingerprint density at radius 1 is 0.898 bits per heavy atom. The van der Waals surface area contributed by atoms with E-state index in [1.165, 1.54) is 23.7 Å². The van der Waals surface area contributed by atoms with Crippen LogP contribution in [-0.4, -0.2) is 198 Å². The molecule has 59 heavy (non-hydrogen) atoms. The molecule has 12 N–H and O–H groups in total. The van der Waals surface area contributed by atoms with Gasteiger partial charge in [0.1, 0.15) is 12.2 Å². The van der Waals surface area contributed by atoms with Crippen molar-refractivity contribution in [3.63, 3.8) is 0 Å². The van der Waals surface area contributed by atoms with Crippen molar-refractivity contribution in [1.29, 1.82) is 0 Å². The summed E-state index contributed by atoms with van der Waals surface area (Å²) in [6.07, 6.45) is -22.0. The molecule has 2 aromatic carbocycles. The maximum absolute atomic E-state index is 12.8. The Hall–Kier alpha value is -3.17. The monoisotopic (exact) mass is 896 g/mol. The molecule has 5 rings (SSSR count). The van der Waals surface area contributed by atoms with E-state index in [1.54, 1.807) is 19.1 Å². The summed E-state index contributed by atoms with van der Waals surface area (Å²) in [4.78, 5) is 37.3. The van der Waals surface area contributed by atoms with Gasteiger partial charge < -0.3 is 20.3 Å². The predicted octanol–water partition coefficient (Wildman–Crippen LogP) is -4.44. The van der Waals surface area contributed by atoms with Crippen molar-refractivity contribution in [3.05, 3.63) is 60.2 Å². The molecule has 5 unspecified atom stereocenters. The molecule has 3 aliphatic heterocycles. The molecular formula is C38H52GeN3O17. The summed E-state index contributed by atoms with van der Waals surface area (Å²) < 4.78 is 31.4. The SMILES string of the molecule is CC(=O)NC1[C@H](C)OC(CO)[C@H](O[C@@H]2OC(CO[C@]3(C(=O)O)C[C@H](O)[C@@H]([NH][Ge])C([C@H](O)[C@H](O)CNC(=O)Cc4ccc(-c5ccccc5)cc4)O3)[C@H](O)[C@H](O)C2O)[C@@H]1O. The number of aliphatic hydroxyl groups excluding tert-OH is 8. The Bertz CT molecular complexity index is 1700. The van der Waals surface area contributed by atoms with Gasteiger partial charge in [0.25, 0.3) is 0 Å². The second-order valence-corrected chi connectivity index (χ2v) is 15.5. The summed E-state index contributed by atoms with van der Waals surface area (Å²) in [5.41, 5.74) is 2.64. The number of rotatable bonds is 16. The van der Waals surface area contributed by atoms with Crippen molar-refractivity contribution in [2.24, 2.45) is 0 Å². The van der Waals surface area contributed by atoms with E-state index in [0.717, 1.165) is 11.1 Å². The van der Waals surface area contributed by atoms with Crippen molar-refractivity contribution in [2.45, 2.75) is 124 Å². The molecule has 0 aliphatic carbocycles. The Labute approximate surface area is 347 Å². The van der Waals surface area contributed by atoms with Gasteiger partial charge in [0, 0.05) is 6.92 Å². The number of ether oxygens (including phenoxy) is 5. The van der Waals surface area contributed by atoms with Crippen LogP contribution in [0.3, 0.4) is 0 Å². The fraction of sp³-hybridized carbons (Fsp3) is 0.605. The third-order valence-corrected chi connectivity index (χ3v) is 11.4. The molecule has 0 aromatic heterocycles. The number of hydrogen-bond donors (Lipinski definition) is 12. The number of carboxylic acid groups (broad SMARTS) is 1. The van der Waals surface area contributed by atoms with E-state index >= 15 is 0 Å². The molecule has 3 fully saturated rings. The zero-order valence-corrected chi connectivity index (χ0v) is 34.3. The standard InChI is InChI=1S/C38H52GeN3O17/c1-17-27(41-18(2)44)31(50)34(24(15-43)56-17)58-36-33(52)32(51)30(49)25(57-36)16-55-38(37(53)54)13-22(45)28(42-39)35(59-38)29(48)23(46)14-40-26(47)12-19-8-10-21(11-9-19)20-6-4-3-5-7-20/h3-11,17,22-25,27-36,42-43,45-46,48-52H,12-16H2,1-2H3,(H,40,47)(H,41,44)(H,53,54)/t17-,22-,23+,24?,25?,27?,28+,29+,30-,31+,32-,33?,34-,35?,36-,38+/m0/s1. The molecule has 3 radical (unpaired) electrons. The van der Waals surface area contributed by atoms with Gasteiger partial charge in [-0.2, -0.15) is 0 Å². The van der Waals surface area contributed by atoms with E-state index < -0.39 is 141 Å². The van der Waals surface area contributed by atoms with Gasteiger partial charge in [-0.3, -0.25) is 4.79 Å². The quantitative estimate of drug-likeness (QED) is 0.0708. The van der Waals surface area contributed by atoms with Gasteiger partial charge >= 0.3 is 231 Å². The van der Waals surface area contributed by atoms with Crippen molar-refractivity contribution in [2.75, 3.05) is 19.8 Å². The van der Waals surface area contributed by atoms with E-state index in [4.69, 9.17) is 23.7 Å². The van der Waals surface area contributed by atoms with Crippen molar-refractivity contribution >= 4 is 34.5 Å². The van der Waals surface area contributed by atoms with Crippen LogP contribution >= 0.6 is 0 Å².